The van der Waals surface area contributed by atoms with Gasteiger partial charge in [0.1, 0.15) is 5.69 Å². The molecule has 0 aliphatic heterocycles. The average Bonchev–Trinajstić information content (AvgIpc) is 2.46. The maximum atomic E-state index is 11.8. The van der Waals surface area contributed by atoms with Crippen LogP contribution in [-0.2, 0) is 0 Å². The predicted octanol–water partition coefficient (Wildman–Crippen LogP) is 2.16. The molecular weight excluding hydrogens is 262 g/mol. The van der Waals surface area contributed by atoms with Crippen LogP contribution in [0.1, 0.15) is 22.1 Å². The summed E-state index contributed by atoms with van der Waals surface area (Å²) in [7, 11) is 0. The third kappa shape index (κ3) is 3.77. The fourth-order valence-corrected chi connectivity index (χ4v) is 1.73. The van der Waals surface area contributed by atoms with E-state index in [0.29, 0.717) is 17.3 Å². The second-order valence-electron chi connectivity index (χ2n) is 4.09. The van der Waals surface area contributed by atoms with Gasteiger partial charge >= 0.3 is 0 Å². The van der Waals surface area contributed by atoms with Crippen LogP contribution >= 0.6 is 11.6 Å². The van der Waals surface area contributed by atoms with Gasteiger partial charge in [-0.2, -0.15) is 0 Å². The van der Waals surface area contributed by atoms with Gasteiger partial charge in [0.25, 0.3) is 5.91 Å². The van der Waals surface area contributed by atoms with E-state index in [2.05, 4.69) is 10.3 Å². The van der Waals surface area contributed by atoms with Crippen molar-refractivity contribution in [3.63, 3.8) is 0 Å². The van der Waals surface area contributed by atoms with Crippen molar-refractivity contribution in [2.24, 2.45) is 5.73 Å². The molecule has 2 aromatic rings. The molecule has 4 nitrogen and oxygen atoms in total. The van der Waals surface area contributed by atoms with Crippen molar-refractivity contribution < 1.29 is 4.79 Å². The molecule has 0 aliphatic carbocycles. The van der Waals surface area contributed by atoms with Crippen molar-refractivity contribution in [2.45, 2.75) is 6.04 Å². The first kappa shape index (κ1) is 13.5. The van der Waals surface area contributed by atoms with Gasteiger partial charge in [0.2, 0.25) is 0 Å². The van der Waals surface area contributed by atoms with E-state index in [9.17, 15) is 4.79 Å². The largest absolute Gasteiger partial charge is 0.349 e. The number of aromatic nitrogens is 1. The summed E-state index contributed by atoms with van der Waals surface area (Å²) in [5, 5.41) is 3.24. The maximum Gasteiger partial charge on any atom is 0.269 e. The van der Waals surface area contributed by atoms with E-state index in [-0.39, 0.29) is 11.9 Å². The quantitative estimate of drug-likeness (QED) is 0.898. The van der Waals surface area contributed by atoms with Gasteiger partial charge < -0.3 is 11.1 Å². The summed E-state index contributed by atoms with van der Waals surface area (Å²) in [5.74, 6) is -0.261. The van der Waals surface area contributed by atoms with E-state index in [1.807, 2.05) is 30.3 Å². The van der Waals surface area contributed by atoms with Crippen molar-refractivity contribution in [1.82, 2.24) is 10.3 Å². The summed E-state index contributed by atoms with van der Waals surface area (Å²) < 4.78 is 0. The Morgan fingerprint density at radius 1 is 1.26 bits per heavy atom. The van der Waals surface area contributed by atoms with Crippen molar-refractivity contribution in [3.8, 4) is 0 Å². The van der Waals surface area contributed by atoms with Gasteiger partial charge in [-0.05, 0) is 17.7 Å². The number of nitrogens with two attached hydrogens (primary N) is 1. The number of benzene rings is 1. The fraction of sp³-hybridized carbons (Fsp3) is 0.143. The molecule has 19 heavy (non-hydrogen) atoms. The molecule has 98 valence electrons. The highest BCUT2D eigenvalue weighted by molar-refractivity contribution is 6.30. The van der Waals surface area contributed by atoms with Gasteiger partial charge in [0.15, 0.2) is 0 Å². The van der Waals surface area contributed by atoms with Crippen LogP contribution in [0.5, 0.6) is 0 Å². The summed E-state index contributed by atoms with van der Waals surface area (Å²) in [6.07, 6.45) is 1.44. The molecule has 0 fully saturated rings. The molecule has 0 bridgehead atoms. The van der Waals surface area contributed by atoms with Gasteiger partial charge in [0.05, 0.1) is 5.02 Å². The Morgan fingerprint density at radius 2 is 2.00 bits per heavy atom. The summed E-state index contributed by atoms with van der Waals surface area (Å²) in [4.78, 5) is 15.8. The third-order valence-electron chi connectivity index (χ3n) is 2.67. The SMILES string of the molecule is NC(CNC(=O)c1ccc(Cl)cn1)c1ccccc1. The predicted molar refractivity (Wildman–Crippen MR) is 75.0 cm³/mol. The zero-order chi connectivity index (χ0) is 13.7. The standard InChI is InChI=1S/C14H14ClN3O/c15-11-6-7-13(17-8-11)14(19)18-9-12(16)10-4-2-1-3-5-10/h1-8,12H,9,16H2,(H,18,19). The Morgan fingerprint density at radius 3 is 2.63 bits per heavy atom. The summed E-state index contributed by atoms with van der Waals surface area (Å²) in [5.41, 5.74) is 7.29. The number of nitrogens with zero attached hydrogens (tertiary/aromatic N) is 1. The van der Waals surface area contributed by atoms with Gasteiger partial charge in [-0.15, -0.1) is 0 Å². The molecule has 0 spiro atoms. The minimum absolute atomic E-state index is 0.238. The van der Waals surface area contributed by atoms with Crippen molar-refractivity contribution in [2.75, 3.05) is 6.54 Å². The maximum absolute atomic E-state index is 11.8. The Balaban J connectivity index is 1.92. The number of amides is 1. The van der Waals surface area contributed by atoms with E-state index >= 15 is 0 Å². The van der Waals surface area contributed by atoms with Crippen LogP contribution in [0, 0.1) is 0 Å². The second-order valence-corrected chi connectivity index (χ2v) is 4.53. The van der Waals surface area contributed by atoms with Gasteiger partial charge in [-0.3, -0.25) is 4.79 Å². The Kier molecular flexibility index (Phi) is 4.49. The van der Waals surface area contributed by atoms with Crippen LogP contribution in [0.3, 0.4) is 0 Å². The van der Waals surface area contributed by atoms with E-state index in [1.165, 1.54) is 6.20 Å². The van der Waals surface area contributed by atoms with Crippen molar-refractivity contribution in [1.29, 1.82) is 0 Å². The van der Waals surface area contributed by atoms with Gasteiger partial charge in [-0.25, -0.2) is 4.98 Å². The highest BCUT2D eigenvalue weighted by atomic mass is 35.5. The summed E-state index contributed by atoms with van der Waals surface area (Å²) in [6.45, 7) is 0.354. The Hall–Kier alpha value is -1.91. The average molecular weight is 276 g/mol. The Bertz CT molecular complexity index is 542. The number of rotatable bonds is 4. The van der Waals surface area contributed by atoms with Crippen LogP contribution in [0.4, 0.5) is 0 Å². The monoisotopic (exact) mass is 275 g/mol. The lowest BCUT2D eigenvalue weighted by Gasteiger charge is -2.12. The molecule has 0 saturated carbocycles. The van der Waals surface area contributed by atoms with Gasteiger partial charge in [0, 0.05) is 18.8 Å². The summed E-state index contributed by atoms with van der Waals surface area (Å²) in [6, 6.07) is 12.6. The number of halogens is 1. The van der Waals surface area contributed by atoms with Crippen LogP contribution in [0.15, 0.2) is 48.7 Å². The highest BCUT2D eigenvalue weighted by Gasteiger charge is 2.10. The van der Waals surface area contributed by atoms with Crippen molar-refractivity contribution >= 4 is 17.5 Å². The van der Waals surface area contributed by atoms with Crippen molar-refractivity contribution in [3.05, 3.63) is 64.9 Å². The number of hydrogen-bond donors (Lipinski definition) is 2. The molecule has 3 N–H and O–H groups in total. The molecule has 1 aromatic carbocycles. The Labute approximate surface area is 116 Å². The molecule has 1 atom stereocenters. The number of nitrogens with one attached hydrogen (secondary N) is 1. The minimum atomic E-state index is -0.261. The second kappa shape index (κ2) is 6.31. The third-order valence-corrected chi connectivity index (χ3v) is 2.89. The zero-order valence-electron chi connectivity index (χ0n) is 10.2. The number of carbonyl (C=O) groups excluding carboxylic acids is 1. The lowest BCUT2D eigenvalue weighted by molar-refractivity contribution is 0.0946. The molecule has 0 aliphatic rings. The molecule has 1 heterocycles. The van der Waals surface area contributed by atoms with Gasteiger partial charge in [-0.1, -0.05) is 41.9 Å². The molecule has 0 radical (unpaired) electrons. The topological polar surface area (TPSA) is 68.0 Å². The number of carbonyl (C=O) groups is 1. The van der Waals surface area contributed by atoms with Crippen LogP contribution < -0.4 is 11.1 Å². The summed E-state index contributed by atoms with van der Waals surface area (Å²) >= 11 is 5.71. The minimum Gasteiger partial charge on any atom is -0.349 e. The number of pyridine rings is 1. The normalized spacial score (nSPS) is 11.9. The molecular formula is C14H14ClN3O. The lowest BCUT2D eigenvalue weighted by Crippen LogP contribution is -2.32. The molecule has 1 amide bonds. The number of hydrogen-bond acceptors (Lipinski definition) is 3. The van der Waals surface area contributed by atoms with Crippen LogP contribution in [0.25, 0.3) is 0 Å². The van der Waals surface area contributed by atoms with E-state index < -0.39 is 0 Å². The molecule has 0 saturated heterocycles. The molecule has 5 heteroatoms. The molecule has 2 rings (SSSR count). The highest BCUT2D eigenvalue weighted by Crippen LogP contribution is 2.09. The first-order valence-electron chi connectivity index (χ1n) is 5.87. The first-order valence-corrected chi connectivity index (χ1v) is 6.25. The zero-order valence-corrected chi connectivity index (χ0v) is 11.0. The smallest absolute Gasteiger partial charge is 0.269 e. The van der Waals surface area contributed by atoms with Crippen LogP contribution in [-0.4, -0.2) is 17.4 Å². The van der Waals surface area contributed by atoms with E-state index in [4.69, 9.17) is 17.3 Å². The lowest BCUT2D eigenvalue weighted by atomic mass is 10.1. The first-order chi connectivity index (χ1) is 9.16. The van der Waals surface area contributed by atoms with E-state index in [0.717, 1.165) is 5.56 Å². The fourth-order valence-electron chi connectivity index (χ4n) is 1.62. The van der Waals surface area contributed by atoms with Crippen LogP contribution in [0.2, 0.25) is 5.02 Å². The molecule has 1 aromatic heterocycles. The molecule has 1 unspecified atom stereocenters. The van der Waals surface area contributed by atoms with E-state index in [1.54, 1.807) is 12.1 Å².